The third-order valence-corrected chi connectivity index (χ3v) is 3.01. The first-order valence-corrected chi connectivity index (χ1v) is 6.51. The van der Waals surface area contributed by atoms with Crippen molar-refractivity contribution in [2.24, 2.45) is 11.8 Å². The Morgan fingerprint density at radius 2 is 1.81 bits per heavy atom. The second-order valence-electron chi connectivity index (χ2n) is 5.63. The summed E-state index contributed by atoms with van der Waals surface area (Å²) in [4.78, 5) is 14.3. The fourth-order valence-electron chi connectivity index (χ4n) is 2.30. The fourth-order valence-corrected chi connectivity index (χ4v) is 2.30. The summed E-state index contributed by atoms with van der Waals surface area (Å²) in [6.07, 6.45) is 2.04. The van der Waals surface area contributed by atoms with Gasteiger partial charge in [-0.2, -0.15) is 0 Å². The van der Waals surface area contributed by atoms with E-state index in [4.69, 9.17) is 0 Å². The minimum atomic E-state index is 0.241. The van der Waals surface area contributed by atoms with Crippen molar-refractivity contribution in [3.63, 3.8) is 0 Å². The minimum Gasteiger partial charge on any atom is -0.354 e. The van der Waals surface area contributed by atoms with Crippen LogP contribution < -0.4 is 5.32 Å². The lowest BCUT2D eigenvalue weighted by Gasteiger charge is -2.32. The van der Waals surface area contributed by atoms with E-state index in [-0.39, 0.29) is 17.9 Å². The molecule has 94 valence electrons. The van der Waals surface area contributed by atoms with Crippen molar-refractivity contribution in [1.29, 1.82) is 0 Å². The lowest BCUT2D eigenvalue weighted by atomic mass is 9.95. The van der Waals surface area contributed by atoms with Crippen molar-refractivity contribution < 1.29 is 4.79 Å². The summed E-state index contributed by atoms with van der Waals surface area (Å²) in [5, 5.41) is 3.01. The summed E-state index contributed by atoms with van der Waals surface area (Å²) in [6, 6.07) is 0.265. The SMILES string of the molecule is CC(C)CN1CCC(C(=O)NC(C)C)CC1. The van der Waals surface area contributed by atoms with Gasteiger partial charge in [0.15, 0.2) is 0 Å². The monoisotopic (exact) mass is 226 g/mol. The fraction of sp³-hybridized carbons (Fsp3) is 0.923. The van der Waals surface area contributed by atoms with Crippen LogP contribution in [0.4, 0.5) is 0 Å². The van der Waals surface area contributed by atoms with E-state index < -0.39 is 0 Å². The van der Waals surface area contributed by atoms with Crippen LogP contribution in [-0.4, -0.2) is 36.5 Å². The lowest BCUT2D eigenvalue weighted by Crippen LogP contribution is -2.43. The molecule has 0 saturated carbocycles. The summed E-state index contributed by atoms with van der Waals surface area (Å²) in [7, 11) is 0. The molecule has 1 aliphatic heterocycles. The number of rotatable bonds is 4. The van der Waals surface area contributed by atoms with Crippen molar-refractivity contribution in [2.45, 2.75) is 46.6 Å². The molecule has 1 fully saturated rings. The first-order chi connectivity index (χ1) is 7.49. The predicted molar refractivity (Wildman–Crippen MR) is 67.3 cm³/mol. The Hall–Kier alpha value is -0.570. The number of hydrogen-bond donors (Lipinski definition) is 1. The van der Waals surface area contributed by atoms with Gasteiger partial charge in [0, 0.05) is 18.5 Å². The number of piperidine rings is 1. The number of likely N-dealkylation sites (tertiary alicyclic amines) is 1. The van der Waals surface area contributed by atoms with E-state index >= 15 is 0 Å². The maximum atomic E-state index is 11.8. The zero-order valence-corrected chi connectivity index (χ0v) is 11.1. The molecule has 1 aliphatic rings. The zero-order chi connectivity index (χ0) is 12.1. The average Bonchev–Trinajstić information content (AvgIpc) is 2.16. The van der Waals surface area contributed by atoms with Crippen LogP contribution in [0.2, 0.25) is 0 Å². The van der Waals surface area contributed by atoms with Gasteiger partial charge in [-0.25, -0.2) is 0 Å². The van der Waals surface area contributed by atoms with Gasteiger partial charge in [0.1, 0.15) is 0 Å². The van der Waals surface area contributed by atoms with Crippen LogP contribution in [0, 0.1) is 11.8 Å². The maximum absolute atomic E-state index is 11.8. The van der Waals surface area contributed by atoms with Crippen LogP contribution in [0.1, 0.15) is 40.5 Å². The molecule has 1 amide bonds. The summed E-state index contributed by atoms with van der Waals surface area (Å²) in [6.45, 7) is 11.9. The van der Waals surface area contributed by atoms with Crippen LogP contribution in [-0.2, 0) is 4.79 Å². The Kier molecular flexibility index (Phi) is 5.26. The Morgan fingerprint density at radius 1 is 1.25 bits per heavy atom. The molecule has 3 heteroatoms. The summed E-state index contributed by atoms with van der Waals surface area (Å²) in [5.74, 6) is 1.21. The largest absolute Gasteiger partial charge is 0.354 e. The molecular formula is C13H26N2O. The normalized spacial score (nSPS) is 19.4. The quantitative estimate of drug-likeness (QED) is 0.794. The molecule has 1 saturated heterocycles. The molecule has 0 aromatic carbocycles. The highest BCUT2D eigenvalue weighted by atomic mass is 16.1. The number of hydrogen-bond acceptors (Lipinski definition) is 2. The van der Waals surface area contributed by atoms with Crippen molar-refractivity contribution in [3.8, 4) is 0 Å². The molecule has 1 N–H and O–H groups in total. The van der Waals surface area contributed by atoms with E-state index in [9.17, 15) is 4.79 Å². The van der Waals surface area contributed by atoms with Crippen molar-refractivity contribution >= 4 is 5.91 Å². The summed E-state index contributed by atoms with van der Waals surface area (Å²) < 4.78 is 0. The summed E-state index contributed by atoms with van der Waals surface area (Å²) in [5.41, 5.74) is 0. The second kappa shape index (κ2) is 6.24. The van der Waals surface area contributed by atoms with E-state index in [2.05, 4.69) is 24.1 Å². The third-order valence-electron chi connectivity index (χ3n) is 3.01. The first-order valence-electron chi connectivity index (χ1n) is 6.51. The highest BCUT2D eigenvalue weighted by Gasteiger charge is 2.25. The Morgan fingerprint density at radius 3 is 2.25 bits per heavy atom. The van der Waals surface area contributed by atoms with Gasteiger partial charge in [0.2, 0.25) is 5.91 Å². The predicted octanol–water partition coefficient (Wildman–Crippen LogP) is 1.88. The first kappa shape index (κ1) is 13.5. The van der Waals surface area contributed by atoms with E-state index in [0.717, 1.165) is 31.8 Å². The smallest absolute Gasteiger partial charge is 0.223 e. The molecule has 1 heterocycles. The van der Waals surface area contributed by atoms with Crippen molar-refractivity contribution in [2.75, 3.05) is 19.6 Å². The molecule has 16 heavy (non-hydrogen) atoms. The molecule has 3 nitrogen and oxygen atoms in total. The molecule has 0 atom stereocenters. The molecule has 0 radical (unpaired) electrons. The van der Waals surface area contributed by atoms with Crippen molar-refractivity contribution in [1.82, 2.24) is 10.2 Å². The average molecular weight is 226 g/mol. The highest BCUT2D eigenvalue weighted by Crippen LogP contribution is 2.18. The number of carbonyl (C=O) groups excluding carboxylic acids is 1. The molecule has 0 unspecified atom stereocenters. The van der Waals surface area contributed by atoms with Gasteiger partial charge in [-0.05, 0) is 45.7 Å². The number of nitrogens with zero attached hydrogens (tertiary/aromatic N) is 1. The van der Waals surface area contributed by atoms with Gasteiger partial charge < -0.3 is 10.2 Å². The van der Waals surface area contributed by atoms with Gasteiger partial charge in [0.05, 0.1) is 0 Å². The van der Waals surface area contributed by atoms with Crippen LogP contribution >= 0.6 is 0 Å². The van der Waals surface area contributed by atoms with Crippen LogP contribution in [0.15, 0.2) is 0 Å². The zero-order valence-electron chi connectivity index (χ0n) is 11.1. The number of nitrogens with one attached hydrogen (secondary N) is 1. The highest BCUT2D eigenvalue weighted by molar-refractivity contribution is 5.78. The Balaban J connectivity index is 2.28. The lowest BCUT2D eigenvalue weighted by molar-refractivity contribution is -0.126. The third kappa shape index (κ3) is 4.52. The second-order valence-corrected chi connectivity index (χ2v) is 5.63. The molecule has 1 rings (SSSR count). The van der Waals surface area contributed by atoms with E-state index in [1.807, 2.05) is 13.8 Å². The van der Waals surface area contributed by atoms with Crippen LogP contribution in [0.5, 0.6) is 0 Å². The topological polar surface area (TPSA) is 32.3 Å². The van der Waals surface area contributed by atoms with E-state index in [1.54, 1.807) is 0 Å². The molecule has 0 aliphatic carbocycles. The van der Waals surface area contributed by atoms with Gasteiger partial charge in [-0.1, -0.05) is 13.8 Å². The van der Waals surface area contributed by atoms with Gasteiger partial charge in [-0.15, -0.1) is 0 Å². The summed E-state index contributed by atoms with van der Waals surface area (Å²) >= 11 is 0. The molecule has 0 aromatic rings. The molecule has 0 bridgehead atoms. The van der Waals surface area contributed by atoms with Crippen LogP contribution in [0.3, 0.4) is 0 Å². The number of carbonyl (C=O) groups is 1. The molecule has 0 spiro atoms. The Labute approximate surface area is 99.6 Å². The maximum Gasteiger partial charge on any atom is 0.223 e. The van der Waals surface area contributed by atoms with E-state index in [0.29, 0.717) is 0 Å². The standard InChI is InChI=1S/C13H26N2O/c1-10(2)9-15-7-5-12(6-8-15)13(16)14-11(3)4/h10-12H,5-9H2,1-4H3,(H,14,16). The van der Waals surface area contributed by atoms with Gasteiger partial charge in [0.25, 0.3) is 0 Å². The van der Waals surface area contributed by atoms with E-state index in [1.165, 1.54) is 6.54 Å². The van der Waals surface area contributed by atoms with Gasteiger partial charge >= 0.3 is 0 Å². The van der Waals surface area contributed by atoms with Crippen molar-refractivity contribution in [3.05, 3.63) is 0 Å². The minimum absolute atomic E-state index is 0.241. The number of amides is 1. The molecule has 0 aromatic heterocycles. The Bertz CT molecular complexity index is 218. The molecular weight excluding hydrogens is 200 g/mol. The van der Waals surface area contributed by atoms with Gasteiger partial charge in [-0.3, -0.25) is 4.79 Å². The van der Waals surface area contributed by atoms with Crippen LogP contribution in [0.25, 0.3) is 0 Å².